The van der Waals surface area contributed by atoms with Crippen LogP contribution in [-0.4, -0.2) is 35.9 Å². The van der Waals surface area contributed by atoms with Crippen molar-refractivity contribution in [1.82, 2.24) is 15.2 Å². The maximum atomic E-state index is 13.1. The minimum Gasteiger partial charge on any atom is -0.336 e. The summed E-state index contributed by atoms with van der Waals surface area (Å²) in [5, 5.41) is 3.09. The van der Waals surface area contributed by atoms with Gasteiger partial charge in [0.25, 0.3) is 0 Å². The third-order valence-corrected chi connectivity index (χ3v) is 4.49. The van der Waals surface area contributed by atoms with E-state index in [1.54, 1.807) is 0 Å². The van der Waals surface area contributed by atoms with E-state index in [4.69, 9.17) is 0 Å². The maximum Gasteiger partial charge on any atom is 0.416 e. The van der Waals surface area contributed by atoms with E-state index in [1.807, 2.05) is 0 Å². The van der Waals surface area contributed by atoms with Crippen LogP contribution in [-0.2, 0) is 17.1 Å². The second-order valence-corrected chi connectivity index (χ2v) is 6.36. The lowest BCUT2D eigenvalue weighted by atomic mass is 9.97. The smallest absolute Gasteiger partial charge is 0.336 e. The number of halogens is 6. The van der Waals surface area contributed by atoms with Gasteiger partial charge in [-0.3, -0.25) is 9.78 Å². The highest BCUT2D eigenvalue weighted by atomic mass is 19.4. The molecule has 1 unspecified atom stereocenters. The number of rotatable bonds is 3. The van der Waals surface area contributed by atoms with Crippen LogP contribution in [0.15, 0.2) is 36.7 Å². The monoisotopic (exact) mass is 403 g/mol. The van der Waals surface area contributed by atoms with Gasteiger partial charge < -0.3 is 10.2 Å². The topological polar surface area (TPSA) is 45.2 Å². The molecule has 1 aromatic heterocycles. The Morgan fingerprint density at radius 2 is 1.61 bits per heavy atom. The molecule has 0 radical (unpaired) electrons. The Morgan fingerprint density at radius 3 is 2.18 bits per heavy atom. The molecule has 1 aliphatic heterocycles. The predicted molar refractivity (Wildman–Crippen MR) is 88.1 cm³/mol. The zero-order valence-corrected chi connectivity index (χ0v) is 14.3. The first kappa shape index (κ1) is 20.1. The second kappa shape index (κ2) is 7.42. The number of benzene rings is 1. The highest BCUT2D eigenvalue weighted by molar-refractivity contribution is 5.66. The van der Waals surface area contributed by atoms with Crippen molar-refractivity contribution >= 4 is 6.41 Å². The number of hydrogen-bond acceptors (Lipinski definition) is 3. The Hall–Kier alpha value is -2.62. The van der Waals surface area contributed by atoms with Gasteiger partial charge in [0.1, 0.15) is 0 Å². The molecule has 4 nitrogen and oxygen atoms in total. The molecule has 1 saturated heterocycles. The van der Waals surface area contributed by atoms with Crippen LogP contribution in [0.1, 0.15) is 22.7 Å². The van der Waals surface area contributed by atoms with Crippen molar-refractivity contribution in [2.75, 3.05) is 19.6 Å². The number of amides is 1. The molecule has 1 N–H and O–H groups in total. The third kappa shape index (κ3) is 4.27. The molecular weight excluding hydrogens is 388 g/mol. The van der Waals surface area contributed by atoms with Crippen LogP contribution in [0.2, 0.25) is 0 Å². The number of nitrogens with zero attached hydrogens (tertiary/aromatic N) is 2. The van der Waals surface area contributed by atoms with Gasteiger partial charge in [-0.15, -0.1) is 0 Å². The zero-order valence-electron chi connectivity index (χ0n) is 14.3. The summed E-state index contributed by atoms with van der Waals surface area (Å²) in [6.07, 6.45) is -6.56. The van der Waals surface area contributed by atoms with Crippen molar-refractivity contribution in [1.29, 1.82) is 0 Å². The molecule has 0 saturated carbocycles. The molecule has 0 aliphatic carbocycles. The van der Waals surface area contributed by atoms with E-state index in [9.17, 15) is 31.1 Å². The van der Waals surface area contributed by atoms with Crippen LogP contribution in [0.3, 0.4) is 0 Å². The fourth-order valence-corrected chi connectivity index (χ4v) is 3.07. The number of alkyl halides is 6. The Balaban J connectivity index is 2.07. The van der Waals surface area contributed by atoms with Crippen LogP contribution in [0.4, 0.5) is 26.3 Å². The average Bonchev–Trinajstić information content (AvgIpc) is 2.66. The van der Waals surface area contributed by atoms with Crippen molar-refractivity contribution < 1.29 is 31.1 Å². The first-order chi connectivity index (χ1) is 13.1. The van der Waals surface area contributed by atoms with Crippen LogP contribution >= 0.6 is 0 Å². The van der Waals surface area contributed by atoms with Gasteiger partial charge in [-0.05, 0) is 35.4 Å². The average molecular weight is 403 g/mol. The van der Waals surface area contributed by atoms with Gasteiger partial charge in [0, 0.05) is 37.6 Å². The van der Waals surface area contributed by atoms with Gasteiger partial charge in [-0.25, -0.2) is 0 Å². The lowest BCUT2D eigenvalue weighted by Crippen LogP contribution is -2.45. The molecule has 1 aromatic carbocycles. The Labute approximate surface area is 156 Å². The molecule has 28 heavy (non-hydrogen) atoms. The zero-order chi connectivity index (χ0) is 20.5. The molecule has 1 fully saturated rings. The normalized spacial score (nSPS) is 18.2. The van der Waals surface area contributed by atoms with Crippen LogP contribution in [0, 0.1) is 0 Å². The largest absolute Gasteiger partial charge is 0.416 e. The number of carbonyl (C=O) groups is 1. The van der Waals surface area contributed by atoms with Crippen molar-refractivity contribution in [3.05, 3.63) is 53.3 Å². The maximum absolute atomic E-state index is 13.1. The van der Waals surface area contributed by atoms with Gasteiger partial charge in [0.05, 0.1) is 17.2 Å². The molecule has 2 heterocycles. The minimum absolute atomic E-state index is 0.0833. The first-order valence-corrected chi connectivity index (χ1v) is 8.26. The van der Waals surface area contributed by atoms with E-state index >= 15 is 0 Å². The van der Waals surface area contributed by atoms with Gasteiger partial charge in [-0.2, -0.15) is 26.3 Å². The Bertz CT molecular complexity index is 833. The fraction of sp³-hybridized carbons (Fsp3) is 0.333. The van der Waals surface area contributed by atoms with Crippen molar-refractivity contribution in [2.45, 2.75) is 18.4 Å². The third-order valence-electron chi connectivity index (χ3n) is 4.49. The lowest BCUT2D eigenvalue weighted by Gasteiger charge is -2.33. The molecule has 0 bridgehead atoms. The summed E-state index contributed by atoms with van der Waals surface area (Å²) in [6, 6.07) is 2.45. The molecule has 0 spiro atoms. The molecule has 3 rings (SSSR count). The SMILES string of the molecule is O=CN1CCNCC1c1cncc(-c2cc(C(F)(F)F)cc(C(F)(F)F)c2)c1. The first-order valence-electron chi connectivity index (χ1n) is 8.26. The molecule has 1 atom stereocenters. The summed E-state index contributed by atoms with van der Waals surface area (Å²) in [5.74, 6) is 0. The van der Waals surface area contributed by atoms with Gasteiger partial charge in [-0.1, -0.05) is 0 Å². The van der Waals surface area contributed by atoms with E-state index in [1.165, 1.54) is 23.4 Å². The quantitative estimate of drug-likeness (QED) is 0.625. The summed E-state index contributed by atoms with van der Waals surface area (Å²) in [6.45, 7) is 1.42. The summed E-state index contributed by atoms with van der Waals surface area (Å²) in [5.41, 5.74) is -2.42. The van der Waals surface area contributed by atoms with E-state index in [0.717, 1.165) is 0 Å². The highest BCUT2D eigenvalue weighted by Gasteiger charge is 2.37. The van der Waals surface area contributed by atoms with Crippen molar-refractivity contribution in [3.63, 3.8) is 0 Å². The van der Waals surface area contributed by atoms with Crippen LogP contribution in [0.25, 0.3) is 11.1 Å². The molecule has 1 amide bonds. The lowest BCUT2D eigenvalue weighted by molar-refractivity contribution is -0.143. The number of pyridine rings is 1. The Kier molecular flexibility index (Phi) is 5.33. The fourth-order valence-electron chi connectivity index (χ4n) is 3.07. The van der Waals surface area contributed by atoms with Crippen molar-refractivity contribution in [3.8, 4) is 11.1 Å². The molecule has 2 aromatic rings. The minimum atomic E-state index is -4.93. The van der Waals surface area contributed by atoms with E-state index < -0.39 is 29.5 Å². The van der Waals surface area contributed by atoms with Gasteiger partial charge >= 0.3 is 12.4 Å². The number of carbonyl (C=O) groups excluding carboxylic acids is 1. The van der Waals surface area contributed by atoms with E-state index in [-0.39, 0.29) is 17.2 Å². The standard InChI is InChI=1S/C18H15F6N3O/c19-17(20,21)14-4-11(5-15(6-14)18(22,23)24)12-3-13(8-26-7-12)16-9-25-1-2-27(16)10-28/h3-8,10,16,25H,1-2,9H2. The van der Waals surface area contributed by atoms with Crippen molar-refractivity contribution in [2.24, 2.45) is 0 Å². The number of nitrogens with one attached hydrogen (secondary N) is 1. The number of aromatic nitrogens is 1. The van der Waals surface area contributed by atoms with E-state index in [0.29, 0.717) is 43.7 Å². The summed E-state index contributed by atoms with van der Waals surface area (Å²) in [7, 11) is 0. The van der Waals surface area contributed by atoms with Gasteiger partial charge in [0.15, 0.2) is 0 Å². The second-order valence-electron chi connectivity index (χ2n) is 6.36. The number of piperazine rings is 1. The number of hydrogen-bond donors (Lipinski definition) is 1. The predicted octanol–water partition coefficient (Wildman–Crippen LogP) is 3.89. The molecule has 10 heteroatoms. The molecular formula is C18H15F6N3O. The summed E-state index contributed by atoms with van der Waals surface area (Å²) < 4.78 is 78.5. The van der Waals surface area contributed by atoms with Crippen LogP contribution < -0.4 is 5.32 Å². The van der Waals surface area contributed by atoms with Crippen LogP contribution in [0.5, 0.6) is 0 Å². The summed E-state index contributed by atoms with van der Waals surface area (Å²) in [4.78, 5) is 16.7. The molecule has 150 valence electrons. The summed E-state index contributed by atoms with van der Waals surface area (Å²) >= 11 is 0. The highest BCUT2D eigenvalue weighted by Crippen LogP contribution is 2.39. The van der Waals surface area contributed by atoms with Gasteiger partial charge in [0.2, 0.25) is 6.41 Å². The molecule has 1 aliphatic rings. The Morgan fingerprint density at radius 1 is 0.964 bits per heavy atom. The van der Waals surface area contributed by atoms with E-state index in [2.05, 4.69) is 10.3 Å².